The fourth-order valence-corrected chi connectivity index (χ4v) is 2.05. The van der Waals surface area contributed by atoms with Gasteiger partial charge in [-0.05, 0) is 18.1 Å². The molecule has 3 nitrogen and oxygen atoms in total. The van der Waals surface area contributed by atoms with Crippen LogP contribution >= 0.6 is 0 Å². The van der Waals surface area contributed by atoms with Crippen molar-refractivity contribution >= 4 is 17.1 Å². The van der Waals surface area contributed by atoms with Crippen molar-refractivity contribution in [3.8, 4) is 0 Å². The summed E-state index contributed by atoms with van der Waals surface area (Å²) in [5.74, 6) is 0.411. The maximum absolute atomic E-state index is 7.70. The molecule has 0 bridgehead atoms. The molecule has 2 N–H and O–H groups in total. The molecular formula is C11H9N3. The Morgan fingerprint density at radius 3 is 2.71 bits per heavy atom. The summed E-state index contributed by atoms with van der Waals surface area (Å²) in [6.45, 7) is 2.04. The Morgan fingerprint density at radius 2 is 1.93 bits per heavy atom. The summed E-state index contributed by atoms with van der Waals surface area (Å²) in [5.41, 5.74) is 8.06. The maximum Gasteiger partial charge on any atom is 0.148 e. The van der Waals surface area contributed by atoms with Gasteiger partial charge in [0, 0.05) is 11.1 Å². The van der Waals surface area contributed by atoms with E-state index in [1.54, 1.807) is 0 Å². The summed E-state index contributed by atoms with van der Waals surface area (Å²) in [6, 6.07) is 8.14. The fourth-order valence-electron chi connectivity index (χ4n) is 2.05. The fraction of sp³-hybridized carbons (Fsp3) is 0.0909. The first-order valence-corrected chi connectivity index (χ1v) is 4.52. The van der Waals surface area contributed by atoms with Crippen molar-refractivity contribution in [2.24, 2.45) is 5.10 Å². The van der Waals surface area contributed by atoms with E-state index in [0.717, 1.165) is 22.4 Å². The lowest BCUT2D eigenvalue weighted by Crippen LogP contribution is -2.11. The van der Waals surface area contributed by atoms with E-state index in [1.807, 2.05) is 25.1 Å². The molecule has 1 heterocycles. The molecule has 0 fully saturated rings. The second-order valence-corrected chi connectivity index (χ2v) is 3.49. The van der Waals surface area contributed by atoms with Crippen molar-refractivity contribution in [1.82, 2.24) is 5.43 Å². The third-order valence-corrected chi connectivity index (χ3v) is 2.73. The standard InChI is InChI=1S/C11H9N3/c1-6-7-4-2-3-5-8(7)10-9(6)11(12)14-13-10/h2-5H,1H3,(H2,12,14). The van der Waals surface area contributed by atoms with Crippen molar-refractivity contribution in [2.75, 3.05) is 0 Å². The molecule has 0 atom stereocenters. The molecule has 3 rings (SSSR count). The van der Waals surface area contributed by atoms with Crippen LogP contribution in [0.25, 0.3) is 5.57 Å². The van der Waals surface area contributed by atoms with Gasteiger partial charge in [-0.15, -0.1) is 0 Å². The molecule has 0 unspecified atom stereocenters. The second-order valence-electron chi connectivity index (χ2n) is 3.49. The van der Waals surface area contributed by atoms with Crippen LogP contribution in [0.5, 0.6) is 0 Å². The Labute approximate surface area is 81.7 Å². The van der Waals surface area contributed by atoms with Gasteiger partial charge in [-0.1, -0.05) is 24.3 Å². The van der Waals surface area contributed by atoms with Gasteiger partial charge in [-0.2, -0.15) is 5.10 Å². The second kappa shape index (κ2) is 2.32. The topological polar surface area (TPSA) is 48.2 Å². The van der Waals surface area contributed by atoms with Gasteiger partial charge >= 0.3 is 0 Å². The first-order valence-electron chi connectivity index (χ1n) is 4.52. The highest BCUT2D eigenvalue weighted by atomic mass is 15.3. The van der Waals surface area contributed by atoms with Gasteiger partial charge in [0.05, 0.1) is 0 Å². The number of hydrazone groups is 1. The zero-order chi connectivity index (χ0) is 9.71. The number of benzene rings is 1. The van der Waals surface area contributed by atoms with Crippen molar-refractivity contribution in [3.63, 3.8) is 0 Å². The summed E-state index contributed by atoms with van der Waals surface area (Å²) >= 11 is 0. The minimum atomic E-state index is 0.411. The Morgan fingerprint density at radius 1 is 1.21 bits per heavy atom. The molecule has 0 radical (unpaired) electrons. The Bertz CT molecular complexity index is 509. The normalized spacial score (nSPS) is 17.8. The van der Waals surface area contributed by atoms with E-state index in [9.17, 15) is 0 Å². The molecule has 1 aliphatic heterocycles. The van der Waals surface area contributed by atoms with Crippen LogP contribution in [0, 0.1) is 5.41 Å². The lowest BCUT2D eigenvalue weighted by Gasteiger charge is -1.99. The summed E-state index contributed by atoms with van der Waals surface area (Å²) in [4.78, 5) is 0. The number of hydrogen-bond donors (Lipinski definition) is 2. The SMILES string of the molecule is CC1=C2C(=N)NN=C2c2ccccc21. The van der Waals surface area contributed by atoms with Crippen LogP contribution in [0.2, 0.25) is 0 Å². The van der Waals surface area contributed by atoms with Crippen LogP contribution in [0.15, 0.2) is 34.9 Å². The highest BCUT2D eigenvalue weighted by molar-refractivity contribution is 6.39. The summed E-state index contributed by atoms with van der Waals surface area (Å²) in [5, 5.41) is 11.9. The minimum absolute atomic E-state index is 0.411. The molecule has 0 spiro atoms. The lowest BCUT2D eigenvalue weighted by molar-refractivity contribution is 1.04. The van der Waals surface area contributed by atoms with Gasteiger partial charge in [0.25, 0.3) is 0 Å². The van der Waals surface area contributed by atoms with E-state index in [0.29, 0.717) is 5.84 Å². The summed E-state index contributed by atoms with van der Waals surface area (Å²) in [7, 11) is 0. The number of allylic oxidation sites excluding steroid dienone is 1. The molecule has 0 saturated heterocycles. The molecule has 0 amide bonds. The average Bonchev–Trinajstić information content (AvgIpc) is 2.70. The van der Waals surface area contributed by atoms with E-state index in [2.05, 4.69) is 16.6 Å². The number of nitrogens with zero attached hydrogens (tertiary/aromatic N) is 1. The van der Waals surface area contributed by atoms with Gasteiger partial charge in [0.15, 0.2) is 0 Å². The first-order chi connectivity index (χ1) is 6.79. The van der Waals surface area contributed by atoms with E-state index in [4.69, 9.17) is 5.41 Å². The Kier molecular flexibility index (Phi) is 1.24. The van der Waals surface area contributed by atoms with Crippen molar-refractivity contribution < 1.29 is 0 Å². The van der Waals surface area contributed by atoms with E-state index in [-0.39, 0.29) is 0 Å². The van der Waals surface area contributed by atoms with Crippen LogP contribution in [0.3, 0.4) is 0 Å². The number of hydrogen-bond acceptors (Lipinski definition) is 2. The molecule has 1 aromatic rings. The van der Waals surface area contributed by atoms with Crippen LogP contribution in [0.4, 0.5) is 0 Å². The van der Waals surface area contributed by atoms with Gasteiger partial charge in [0.2, 0.25) is 0 Å². The number of rotatable bonds is 0. The van der Waals surface area contributed by atoms with Gasteiger partial charge in [0.1, 0.15) is 11.5 Å². The van der Waals surface area contributed by atoms with E-state index < -0.39 is 0 Å². The smallest absolute Gasteiger partial charge is 0.148 e. The quantitative estimate of drug-likeness (QED) is 0.632. The number of fused-ring (bicyclic) bond motifs is 3. The highest BCUT2D eigenvalue weighted by Crippen LogP contribution is 2.34. The molecule has 14 heavy (non-hydrogen) atoms. The van der Waals surface area contributed by atoms with Crippen molar-refractivity contribution in [1.29, 1.82) is 5.41 Å². The summed E-state index contributed by atoms with van der Waals surface area (Å²) < 4.78 is 0. The Hall–Kier alpha value is -1.90. The maximum atomic E-state index is 7.70. The van der Waals surface area contributed by atoms with Crippen LogP contribution < -0.4 is 5.43 Å². The van der Waals surface area contributed by atoms with E-state index in [1.165, 1.54) is 5.56 Å². The highest BCUT2D eigenvalue weighted by Gasteiger charge is 2.31. The van der Waals surface area contributed by atoms with Gasteiger partial charge in [-0.3, -0.25) is 10.8 Å². The third-order valence-electron chi connectivity index (χ3n) is 2.73. The molecule has 0 aromatic heterocycles. The van der Waals surface area contributed by atoms with Gasteiger partial charge in [-0.25, -0.2) is 0 Å². The molecule has 0 saturated carbocycles. The molecule has 1 aromatic carbocycles. The summed E-state index contributed by atoms with van der Waals surface area (Å²) in [6.07, 6.45) is 0. The average molecular weight is 183 g/mol. The molecule has 68 valence electrons. The van der Waals surface area contributed by atoms with Crippen molar-refractivity contribution in [2.45, 2.75) is 6.92 Å². The zero-order valence-electron chi connectivity index (χ0n) is 7.76. The minimum Gasteiger partial charge on any atom is -0.283 e. The lowest BCUT2D eigenvalue weighted by atomic mass is 10.1. The van der Waals surface area contributed by atoms with Crippen LogP contribution in [-0.4, -0.2) is 11.5 Å². The third kappa shape index (κ3) is 0.719. The van der Waals surface area contributed by atoms with Crippen molar-refractivity contribution in [3.05, 3.63) is 41.0 Å². The molecule has 1 aliphatic carbocycles. The number of nitrogens with one attached hydrogen (secondary N) is 2. The number of amidine groups is 1. The van der Waals surface area contributed by atoms with Gasteiger partial charge < -0.3 is 0 Å². The largest absolute Gasteiger partial charge is 0.283 e. The monoisotopic (exact) mass is 183 g/mol. The van der Waals surface area contributed by atoms with Crippen LogP contribution in [-0.2, 0) is 0 Å². The predicted octanol–water partition coefficient (Wildman–Crippen LogP) is 1.76. The molecule has 3 heteroatoms. The zero-order valence-corrected chi connectivity index (χ0v) is 7.76. The Balaban J connectivity index is 2.36. The molecule has 2 aliphatic rings. The molecular weight excluding hydrogens is 174 g/mol. The first kappa shape index (κ1) is 7.50. The predicted molar refractivity (Wildman–Crippen MR) is 56.4 cm³/mol. The van der Waals surface area contributed by atoms with Crippen LogP contribution in [0.1, 0.15) is 18.1 Å². The van der Waals surface area contributed by atoms with E-state index >= 15 is 0 Å².